The first-order valence-electron chi connectivity index (χ1n) is 8.88. The summed E-state index contributed by atoms with van der Waals surface area (Å²) in [6, 6.07) is 8.20. The Labute approximate surface area is 175 Å². The number of hydrogen-bond acceptors (Lipinski definition) is 4. The summed E-state index contributed by atoms with van der Waals surface area (Å²) in [6.07, 6.45) is 3.52. The van der Waals surface area contributed by atoms with Crippen molar-refractivity contribution in [3.05, 3.63) is 50.6 Å². The number of ether oxygens (including phenoxy) is 1. The van der Waals surface area contributed by atoms with Crippen LogP contribution in [-0.4, -0.2) is 35.0 Å². The Balaban J connectivity index is 1.74. The second-order valence-electron chi connectivity index (χ2n) is 7.18. The van der Waals surface area contributed by atoms with E-state index in [1.165, 1.54) is 5.56 Å². The van der Waals surface area contributed by atoms with E-state index in [9.17, 15) is 9.90 Å². The molecule has 2 heterocycles. The lowest BCUT2D eigenvalue weighted by Gasteiger charge is -2.42. The molecule has 0 bridgehead atoms. The summed E-state index contributed by atoms with van der Waals surface area (Å²) in [6.45, 7) is 2.07. The van der Waals surface area contributed by atoms with Gasteiger partial charge in [0.1, 0.15) is 11.6 Å². The average molecular weight is 496 g/mol. The molecule has 1 N–H and O–H groups in total. The van der Waals surface area contributed by atoms with Crippen LogP contribution in [0.3, 0.4) is 0 Å². The van der Waals surface area contributed by atoms with Crippen molar-refractivity contribution in [2.24, 2.45) is 16.8 Å². The molecule has 3 aliphatic rings. The fourth-order valence-corrected chi connectivity index (χ4v) is 5.27. The highest BCUT2D eigenvalue weighted by Gasteiger charge is 2.51. The van der Waals surface area contributed by atoms with Gasteiger partial charge in [0.15, 0.2) is 0 Å². The van der Waals surface area contributed by atoms with Gasteiger partial charge < -0.3 is 14.7 Å². The summed E-state index contributed by atoms with van der Waals surface area (Å²) in [4.78, 5) is 18.6. The van der Waals surface area contributed by atoms with E-state index in [0.29, 0.717) is 6.42 Å². The third-order valence-electron chi connectivity index (χ3n) is 5.62. The Bertz CT molecular complexity index is 876. The first-order chi connectivity index (χ1) is 12.9. The molecule has 1 aromatic carbocycles. The molecule has 1 fully saturated rings. The Hall–Kier alpha value is -1.60. The zero-order valence-corrected chi connectivity index (χ0v) is 18.2. The Morgan fingerprint density at radius 2 is 1.96 bits per heavy atom. The van der Waals surface area contributed by atoms with Crippen LogP contribution in [0, 0.1) is 11.8 Å². The van der Waals surface area contributed by atoms with E-state index in [1.54, 1.807) is 7.11 Å². The molecule has 0 radical (unpaired) electrons. The number of nitrogens with zero attached hydrogens (tertiary/aromatic N) is 2. The number of amidine groups is 1. The summed E-state index contributed by atoms with van der Waals surface area (Å²) in [5.74, 6) is 0.843. The fraction of sp³-hybridized carbons (Fsp3) is 0.400. The molecule has 7 heteroatoms. The number of aliphatic imine (C=N–C) groups is 1. The van der Waals surface area contributed by atoms with Crippen LogP contribution in [0.4, 0.5) is 0 Å². The molecule has 0 spiro atoms. The van der Waals surface area contributed by atoms with Gasteiger partial charge in [-0.25, -0.2) is 0 Å². The van der Waals surface area contributed by atoms with Crippen molar-refractivity contribution in [2.75, 3.05) is 7.11 Å². The Morgan fingerprint density at radius 3 is 2.56 bits per heavy atom. The highest BCUT2D eigenvalue weighted by molar-refractivity contribution is 9.12. The van der Waals surface area contributed by atoms with Crippen LogP contribution in [0.5, 0.6) is 5.75 Å². The molecule has 1 aliphatic carbocycles. The van der Waals surface area contributed by atoms with Crippen molar-refractivity contribution in [1.82, 2.24) is 4.90 Å². The topological polar surface area (TPSA) is 62.1 Å². The van der Waals surface area contributed by atoms with Gasteiger partial charge in [-0.1, -0.05) is 12.1 Å². The number of hydrogen-bond donors (Lipinski definition) is 1. The molecule has 142 valence electrons. The summed E-state index contributed by atoms with van der Waals surface area (Å²) in [5, 5.41) is 9.35. The maximum absolute atomic E-state index is 11.4. The van der Waals surface area contributed by atoms with Crippen LogP contribution in [0.25, 0.3) is 0 Å². The fourth-order valence-electron chi connectivity index (χ4n) is 4.02. The predicted octanol–water partition coefficient (Wildman–Crippen LogP) is 4.85. The van der Waals surface area contributed by atoms with Crippen LogP contribution in [0.1, 0.15) is 31.4 Å². The normalized spacial score (nSPS) is 29.7. The number of fused-ring (bicyclic) bond motifs is 1. The molecule has 0 amide bonds. The minimum absolute atomic E-state index is 0.00933. The van der Waals surface area contributed by atoms with Crippen molar-refractivity contribution in [3.8, 4) is 5.75 Å². The quantitative estimate of drug-likeness (QED) is 0.648. The smallest absolute Gasteiger partial charge is 0.306 e. The first-order valence-corrected chi connectivity index (χ1v) is 10.5. The number of allylic oxidation sites excluding steroid dienone is 3. The number of methoxy groups -OCH3 is 1. The van der Waals surface area contributed by atoms with Crippen molar-refractivity contribution < 1.29 is 14.6 Å². The third-order valence-corrected chi connectivity index (χ3v) is 7.00. The minimum atomic E-state index is -0.708. The zero-order chi connectivity index (χ0) is 19.3. The predicted molar refractivity (Wildman–Crippen MR) is 111 cm³/mol. The van der Waals surface area contributed by atoms with Gasteiger partial charge in [-0.2, -0.15) is 0 Å². The van der Waals surface area contributed by atoms with Crippen LogP contribution in [-0.2, 0) is 4.79 Å². The van der Waals surface area contributed by atoms with Crippen LogP contribution >= 0.6 is 31.9 Å². The highest BCUT2D eigenvalue weighted by Crippen LogP contribution is 2.50. The van der Waals surface area contributed by atoms with Gasteiger partial charge in [0.05, 0.1) is 29.6 Å². The molecule has 0 saturated heterocycles. The minimum Gasteiger partial charge on any atom is -0.497 e. The van der Waals surface area contributed by atoms with E-state index in [-0.39, 0.29) is 23.9 Å². The molecule has 4 atom stereocenters. The van der Waals surface area contributed by atoms with Gasteiger partial charge in [-0.05, 0) is 81.3 Å². The lowest BCUT2D eigenvalue weighted by atomic mass is 9.91. The highest BCUT2D eigenvalue weighted by atomic mass is 79.9. The van der Waals surface area contributed by atoms with Crippen molar-refractivity contribution in [1.29, 1.82) is 0 Å². The van der Waals surface area contributed by atoms with Crippen molar-refractivity contribution in [3.63, 3.8) is 0 Å². The third kappa shape index (κ3) is 3.36. The number of halogens is 2. The molecule has 1 saturated carbocycles. The second kappa shape index (κ2) is 7.09. The first kappa shape index (κ1) is 18.7. The monoisotopic (exact) mass is 494 g/mol. The van der Waals surface area contributed by atoms with E-state index >= 15 is 0 Å². The number of aliphatic carboxylic acids is 1. The van der Waals surface area contributed by atoms with Crippen molar-refractivity contribution in [2.45, 2.75) is 31.8 Å². The molecule has 5 nitrogen and oxygen atoms in total. The van der Waals surface area contributed by atoms with Gasteiger partial charge in [-0.15, -0.1) is 0 Å². The Kier molecular flexibility index (Phi) is 4.93. The molecule has 27 heavy (non-hydrogen) atoms. The number of carboxylic acids is 1. The number of carbonyl (C=O) groups is 1. The van der Waals surface area contributed by atoms with Gasteiger partial charge in [0, 0.05) is 10.2 Å². The average Bonchev–Trinajstić information content (AvgIpc) is 3.46. The molecular formula is C20H20Br2N2O3. The Morgan fingerprint density at radius 1 is 1.26 bits per heavy atom. The second-order valence-corrected chi connectivity index (χ2v) is 8.89. The van der Waals surface area contributed by atoms with Gasteiger partial charge in [0.25, 0.3) is 0 Å². The standard InChI is InChI=1S/C20H20Br2N2O3/c1-10-15(21)8-16(22)19-23-17(13-7-14(13)20(25)26)9-18(24(10)19)11-3-5-12(27-2)6-4-11/h3-6,8,13-14,17-18H,7,9H2,1-2H3,(H,25,26). The van der Waals surface area contributed by atoms with E-state index < -0.39 is 5.97 Å². The van der Waals surface area contributed by atoms with Crippen LogP contribution in [0.2, 0.25) is 0 Å². The van der Waals surface area contributed by atoms with Gasteiger partial charge in [0.2, 0.25) is 0 Å². The van der Waals surface area contributed by atoms with E-state index in [4.69, 9.17) is 9.73 Å². The summed E-state index contributed by atoms with van der Waals surface area (Å²) in [7, 11) is 1.66. The van der Waals surface area contributed by atoms with E-state index in [1.807, 2.05) is 18.2 Å². The molecule has 2 aliphatic heterocycles. The summed E-state index contributed by atoms with van der Waals surface area (Å²) >= 11 is 7.29. The largest absolute Gasteiger partial charge is 0.497 e. The molecule has 4 rings (SSSR count). The lowest BCUT2D eigenvalue weighted by Crippen LogP contribution is -2.42. The molecule has 1 aromatic rings. The maximum Gasteiger partial charge on any atom is 0.306 e. The van der Waals surface area contributed by atoms with Gasteiger partial charge >= 0.3 is 5.97 Å². The van der Waals surface area contributed by atoms with Crippen molar-refractivity contribution >= 4 is 43.7 Å². The number of carboxylic acid groups (broad SMARTS) is 1. The van der Waals surface area contributed by atoms with E-state index in [2.05, 4.69) is 55.8 Å². The lowest BCUT2D eigenvalue weighted by molar-refractivity contribution is -0.138. The molecule has 4 unspecified atom stereocenters. The molecular weight excluding hydrogens is 476 g/mol. The summed E-state index contributed by atoms with van der Waals surface area (Å²) in [5.41, 5.74) is 2.27. The van der Waals surface area contributed by atoms with Gasteiger partial charge in [-0.3, -0.25) is 9.79 Å². The van der Waals surface area contributed by atoms with Crippen LogP contribution < -0.4 is 4.74 Å². The van der Waals surface area contributed by atoms with Crippen LogP contribution in [0.15, 0.2) is 50.0 Å². The van der Waals surface area contributed by atoms with E-state index in [0.717, 1.165) is 32.7 Å². The zero-order valence-electron chi connectivity index (χ0n) is 15.0. The number of benzene rings is 1. The molecule has 0 aromatic heterocycles. The SMILES string of the molecule is COc1ccc(C2CC(C3CC3C(=O)O)N=C3C(Br)=CC(Br)=C(C)N32)cc1. The maximum atomic E-state index is 11.4. The number of rotatable bonds is 4. The summed E-state index contributed by atoms with van der Waals surface area (Å²) < 4.78 is 7.22.